The van der Waals surface area contributed by atoms with Crippen LogP contribution in [-0.2, 0) is 14.8 Å². The van der Waals surface area contributed by atoms with Gasteiger partial charge in [0.05, 0.1) is 4.90 Å². The van der Waals surface area contributed by atoms with Crippen molar-refractivity contribution in [2.75, 3.05) is 18.4 Å². The lowest BCUT2D eigenvalue weighted by atomic mass is 9.97. The van der Waals surface area contributed by atoms with Crippen molar-refractivity contribution in [3.8, 4) is 0 Å². The molecule has 3 rings (SSSR count). The third-order valence-corrected chi connectivity index (χ3v) is 6.81. The van der Waals surface area contributed by atoms with Gasteiger partial charge in [-0.25, -0.2) is 12.8 Å². The Labute approximate surface area is 159 Å². The number of aryl methyl sites for hydroxylation is 2. The summed E-state index contributed by atoms with van der Waals surface area (Å²) in [6, 6.07) is 11.4. The second kappa shape index (κ2) is 7.78. The number of sulfonamides is 1. The maximum Gasteiger partial charge on any atom is 0.243 e. The predicted molar refractivity (Wildman–Crippen MR) is 102 cm³/mol. The quantitative estimate of drug-likeness (QED) is 0.869. The van der Waals surface area contributed by atoms with Crippen LogP contribution >= 0.6 is 0 Å². The van der Waals surface area contributed by atoms with Crippen LogP contribution < -0.4 is 5.32 Å². The van der Waals surface area contributed by atoms with E-state index in [0.717, 1.165) is 11.3 Å². The highest BCUT2D eigenvalue weighted by Gasteiger charge is 2.32. The molecule has 0 saturated carbocycles. The normalized spacial score (nSPS) is 16.3. The highest BCUT2D eigenvalue weighted by Crippen LogP contribution is 2.26. The van der Waals surface area contributed by atoms with E-state index in [4.69, 9.17) is 0 Å². The molecule has 1 amide bonds. The lowest BCUT2D eigenvalue weighted by Crippen LogP contribution is -2.41. The fraction of sp³-hybridized carbons (Fsp3) is 0.350. The molecule has 2 aromatic rings. The Morgan fingerprint density at radius 3 is 2.30 bits per heavy atom. The average Bonchev–Trinajstić information content (AvgIpc) is 2.66. The van der Waals surface area contributed by atoms with Crippen LogP contribution in [0.2, 0.25) is 0 Å². The summed E-state index contributed by atoms with van der Waals surface area (Å²) in [4.78, 5) is 12.5. The Bertz CT molecular complexity index is 934. The smallest absolute Gasteiger partial charge is 0.243 e. The fourth-order valence-corrected chi connectivity index (χ4v) is 4.72. The molecule has 1 N–H and O–H groups in total. The van der Waals surface area contributed by atoms with Crippen LogP contribution in [-0.4, -0.2) is 31.7 Å². The summed E-state index contributed by atoms with van der Waals surface area (Å²) in [5, 5.41) is 2.89. The maximum absolute atomic E-state index is 13.4. The second-order valence-electron chi connectivity index (χ2n) is 6.94. The second-order valence-corrected chi connectivity index (χ2v) is 8.88. The van der Waals surface area contributed by atoms with Crippen LogP contribution in [0.1, 0.15) is 24.0 Å². The summed E-state index contributed by atoms with van der Waals surface area (Å²) in [5.41, 5.74) is 2.15. The Morgan fingerprint density at radius 2 is 1.70 bits per heavy atom. The highest BCUT2D eigenvalue weighted by molar-refractivity contribution is 7.89. The van der Waals surface area contributed by atoms with Crippen LogP contribution in [0, 0.1) is 25.6 Å². The van der Waals surface area contributed by atoms with Crippen LogP contribution in [0.15, 0.2) is 47.4 Å². The first-order valence-electron chi connectivity index (χ1n) is 8.91. The molecule has 0 aliphatic carbocycles. The van der Waals surface area contributed by atoms with E-state index in [9.17, 15) is 17.6 Å². The van der Waals surface area contributed by atoms with Crippen LogP contribution in [0.3, 0.4) is 0 Å². The molecule has 7 heteroatoms. The van der Waals surface area contributed by atoms with Gasteiger partial charge in [-0.3, -0.25) is 4.79 Å². The summed E-state index contributed by atoms with van der Waals surface area (Å²) < 4.78 is 40.3. The van der Waals surface area contributed by atoms with Gasteiger partial charge in [0.1, 0.15) is 5.82 Å². The van der Waals surface area contributed by atoms with Gasteiger partial charge in [-0.2, -0.15) is 4.31 Å². The number of anilines is 1. The Morgan fingerprint density at radius 1 is 1.07 bits per heavy atom. The number of carbonyl (C=O) groups excluding carboxylic acids is 1. The molecule has 144 valence electrons. The number of amides is 1. The number of nitrogens with zero attached hydrogens (tertiary/aromatic N) is 1. The van der Waals surface area contributed by atoms with E-state index in [-0.39, 0.29) is 29.8 Å². The third kappa shape index (κ3) is 4.36. The minimum atomic E-state index is -3.68. The summed E-state index contributed by atoms with van der Waals surface area (Å²) in [6.07, 6.45) is 0.911. The molecule has 1 saturated heterocycles. The van der Waals surface area contributed by atoms with Gasteiger partial charge in [-0.1, -0.05) is 17.7 Å². The summed E-state index contributed by atoms with van der Waals surface area (Å²) >= 11 is 0. The van der Waals surface area contributed by atoms with Crippen LogP contribution in [0.25, 0.3) is 0 Å². The molecule has 0 bridgehead atoms. The first-order chi connectivity index (χ1) is 12.8. The van der Waals surface area contributed by atoms with E-state index in [1.807, 2.05) is 31.2 Å². The zero-order valence-corrected chi connectivity index (χ0v) is 16.2. The molecule has 0 unspecified atom stereocenters. The van der Waals surface area contributed by atoms with Gasteiger partial charge in [-0.05, 0) is 62.6 Å². The number of piperidine rings is 1. The molecule has 0 aromatic heterocycles. The molecule has 27 heavy (non-hydrogen) atoms. The number of hydrogen-bond donors (Lipinski definition) is 1. The minimum absolute atomic E-state index is 0.0870. The number of nitrogens with one attached hydrogen (secondary N) is 1. The van der Waals surface area contributed by atoms with Crippen molar-refractivity contribution in [3.05, 3.63) is 59.4 Å². The Hall–Kier alpha value is -2.25. The van der Waals surface area contributed by atoms with Crippen LogP contribution in [0.4, 0.5) is 10.1 Å². The van der Waals surface area contributed by atoms with E-state index in [1.54, 1.807) is 0 Å². The first kappa shape index (κ1) is 19.5. The minimum Gasteiger partial charge on any atom is -0.326 e. The fourth-order valence-electron chi connectivity index (χ4n) is 3.17. The molecule has 0 spiro atoms. The van der Waals surface area contributed by atoms with E-state index in [1.165, 1.54) is 29.4 Å². The average molecular weight is 390 g/mol. The van der Waals surface area contributed by atoms with Gasteiger partial charge in [-0.15, -0.1) is 0 Å². The topological polar surface area (TPSA) is 66.5 Å². The summed E-state index contributed by atoms with van der Waals surface area (Å²) in [7, 11) is -3.68. The van der Waals surface area contributed by atoms with Crippen molar-refractivity contribution in [2.24, 2.45) is 5.92 Å². The van der Waals surface area contributed by atoms with Gasteiger partial charge in [0.2, 0.25) is 15.9 Å². The van der Waals surface area contributed by atoms with Gasteiger partial charge >= 0.3 is 0 Å². The number of hydrogen-bond acceptors (Lipinski definition) is 3. The molecule has 1 heterocycles. The molecule has 1 fully saturated rings. The van der Waals surface area contributed by atoms with Crippen LogP contribution in [0.5, 0.6) is 0 Å². The molecule has 2 aromatic carbocycles. The van der Waals surface area contributed by atoms with Gasteiger partial charge in [0, 0.05) is 24.7 Å². The standard InChI is InChI=1S/C20H23FN2O3S/c1-14-3-5-17(6-4-14)22-20(24)16-9-11-23(12-10-16)27(25,26)18-7-8-19(21)15(2)13-18/h3-8,13,16H,9-12H2,1-2H3,(H,22,24). The SMILES string of the molecule is Cc1ccc(NC(=O)C2CCN(S(=O)(=O)c3ccc(F)c(C)c3)CC2)cc1. The van der Waals surface area contributed by atoms with Crippen molar-refractivity contribution in [3.63, 3.8) is 0 Å². The number of halogens is 1. The predicted octanol–water partition coefficient (Wildman–Crippen LogP) is 3.48. The zero-order valence-electron chi connectivity index (χ0n) is 15.4. The summed E-state index contributed by atoms with van der Waals surface area (Å²) in [5.74, 6) is -0.748. The van der Waals surface area contributed by atoms with Gasteiger partial charge in [0.15, 0.2) is 0 Å². The van der Waals surface area contributed by atoms with E-state index in [0.29, 0.717) is 18.4 Å². The van der Waals surface area contributed by atoms with E-state index < -0.39 is 15.8 Å². The molecule has 1 aliphatic rings. The lowest BCUT2D eigenvalue weighted by molar-refractivity contribution is -0.120. The maximum atomic E-state index is 13.4. The Balaban J connectivity index is 1.63. The molecule has 1 aliphatic heterocycles. The molecular formula is C20H23FN2O3S. The third-order valence-electron chi connectivity index (χ3n) is 4.91. The Kier molecular flexibility index (Phi) is 5.62. The number of carbonyl (C=O) groups is 1. The molecule has 5 nitrogen and oxygen atoms in total. The van der Waals surface area contributed by atoms with Gasteiger partial charge < -0.3 is 5.32 Å². The monoisotopic (exact) mass is 390 g/mol. The zero-order chi connectivity index (χ0) is 19.6. The molecular weight excluding hydrogens is 367 g/mol. The van der Waals surface area contributed by atoms with E-state index >= 15 is 0 Å². The van der Waals surface area contributed by atoms with Gasteiger partial charge in [0.25, 0.3) is 0 Å². The largest absolute Gasteiger partial charge is 0.326 e. The number of benzene rings is 2. The van der Waals surface area contributed by atoms with E-state index in [2.05, 4.69) is 5.32 Å². The summed E-state index contributed by atoms with van der Waals surface area (Å²) in [6.45, 7) is 4.05. The lowest BCUT2D eigenvalue weighted by Gasteiger charge is -2.30. The van der Waals surface area contributed by atoms with Crippen molar-refractivity contribution >= 4 is 21.6 Å². The highest BCUT2D eigenvalue weighted by atomic mass is 32.2. The van der Waals surface area contributed by atoms with Crippen molar-refractivity contribution in [2.45, 2.75) is 31.6 Å². The van der Waals surface area contributed by atoms with Crippen molar-refractivity contribution in [1.29, 1.82) is 0 Å². The number of rotatable bonds is 4. The van der Waals surface area contributed by atoms with Crippen molar-refractivity contribution < 1.29 is 17.6 Å². The van der Waals surface area contributed by atoms with Crippen molar-refractivity contribution in [1.82, 2.24) is 4.31 Å². The molecule has 0 radical (unpaired) electrons. The first-order valence-corrected chi connectivity index (χ1v) is 10.4. The molecule has 0 atom stereocenters.